The molecular formula is C34H34N6O4S. The lowest BCUT2D eigenvalue weighted by Gasteiger charge is -2.41. The number of hydrogen-bond acceptors (Lipinski definition) is 9. The predicted molar refractivity (Wildman–Crippen MR) is 170 cm³/mol. The molecule has 1 amide bonds. The molecule has 5 aromatic rings. The van der Waals surface area contributed by atoms with E-state index >= 15 is 0 Å². The van der Waals surface area contributed by atoms with Crippen LogP contribution in [0.25, 0.3) is 11.1 Å². The average Bonchev–Trinajstić information content (AvgIpc) is 3.51. The van der Waals surface area contributed by atoms with Crippen LogP contribution in [0, 0.1) is 5.92 Å². The maximum Gasteiger partial charge on any atom is 0.253 e. The first kappa shape index (κ1) is 30.6. The molecule has 1 aliphatic heterocycles. The third kappa shape index (κ3) is 7.29. The quantitative estimate of drug-likeness (QED) is 0.200. The fraction of sp³-hybridized carbons (Fsp3) is 0.265. The standard InChI is InChI=1S/C34H34N6O4S/c1-22-30(21-45-34-37-38-39-40(34)2)43-33(44-31(22)25-13-11-23(20-41)12-14-25)28-9-4-8-27(17-28)26-7-3-6-24(16-26)18-36-32(42)29-10-5-15-35-19-29/h3-17,19,22,30-31,33,41H,18,20-21H2,1-2H3,(H,36,42)/t22-,30+,31+,33+/m0/s1. The molecule has 3 aromatic carbocycles. The van der Waals surface area contributed by atoms with Gasteiger partial charge in [-0.1, -0.05) is 79.3 Å². The molecule has 0 unspecified atom stereocenters. The van der Waals surface area contributed by atoms with Gasteiger partial charge in [0.05, 0.1) is 24.4 Å². The highest BCUT2D eigenvalue weighted by Crippen LogP contribution is 2.43. The minimum Gasteiger partial charge on any atom is -0.392 e. The number of hydrogen-bond donors (Lipinski definition) is 2. The van der Waals surface area contributed by atoms with Gasteiger partial charge in [0, 0.05) is 43.2 Å². The summed E-state index contributed by atoms with van der Waals surface area (Å²) in [5.74, 6) is 0.518. The molecule has 230 valence electrons. The molecule has 2 N–H and O–H groups in total. The van der Waals surface area contributed by atoms with Crippen molar-refractivity contribution in [3.05, 3.63) is 125 Å². The van der Waals surface area contributed by atoms with E-state index in [1.54, 1.807) is 41.0 Å². The first-order chi connectivity index (χ1) is 22.0. The number of aliphatic hydroxyl groups is 1. The van der Waals surface area contributed by atoms with E-state index in [1.807, 2.05) is 55.6 Å². The maximum atomic E-state index is 12.5. The Morgan fingerprint density at radius 2 is 1.76 bits per heavy atom. The summed E-state index contributed by atoms with van der Waals surface area (Å²) in [6.45, 7) is 2.52. The number of benzene rings is 3. The van der Waals surface area contributed by atoms with Crippen LogP contribution >= 0.6 is 11.8 Å². The summed E-state index contributed by atoms with van der Waals surface area (Å²) < 4.78 is 14.9. The molecule has 45 heavy (non-hydrogen) atoms. The molecule has 0 aliphatic carbocycles. The molecular weight excluding hydrogens is 588 g/mol. The third-order valence-corrected chi connectivity index (χ3v) is 8.98. The minimum absolute atomic E-state index is 0.0109. The number of amides is 1. The van der Waals surface area contributed by atoms with E-state index in [9.17, 15) is 9.90 Å². The summed E-state index contributed by atoms with van der Waals surface area (Å²) >= 11 is 1.55. The number of nitrogens with one attached hydrogen (secondary N) is 1. The second-order valence-electron chi connectivity index (χ2n) is 11.0. The first-order valence-corrected chi connectivity index (χ1v) is 15.7. The van der Waals surface area contributed by atoms with Crippen molar-refractivity contribution in [2.24, 2.45) is 13.0 Å². The lowest BCUT2D eigenvalue weighted by Crippen LogP contribution is -2.38. The molecule has 1 fully saturated rings. The van der Waals surface area contributed by atoms with Crippen LogP contribution in [0.15, 0.2) is 102 Å². The van der Waals surface area contributed by atoms with Crippen molar-refractivity contribution in [2.45, 2.75) is 43.7 Å². The lowest BCUT2D eigenvalue weighted by atomic mass is 9.91. The summed E-state index contributed by atoms with van der Waals surface area (Å²) in [5, 5.41) is 25.1. The van der Waals surface area contributed by atoms with Gasteiger partial charge >= 0.3 is 0 Å². The van der Waals surface area contributed by atoms with Crippen LogP contribution in [0.5, 0.6) is 0 Å². The molecule has 1 saturated heterocycles. The zero-order valence-corrected chi connectivity index (χ0v) is 25.8. The van der Waals surface area contributed by atoms with Crippen LogP contribution in [-0.2, 0) is 29.7 Å². The van der Waals surface area contributed by atoms with Crippen molar-refractivity contribution in [3.63, 3.8) is 0 Å². The molecule has 0 saturated carbocycles. The number of carbonyl (C=O) groups excluding carboxylic acids is 1. The Bertz CT molecular complexity index is 1730. The molecule has 4 atom stereocenters. The van der Waals surface area contributed by atoms with Crippen LogP contribution in [0.3, 0.4) is 0 Å². The molecule has 2 aromatic heterocycles. The van der Waals surface area contributed by atoms with Crippen LogP contribution < -0.4 is 5.32 Å². The van der Waals surface area contributed by atoms with Crippen LogP contribution in [0.4, 0.5) is 0 Å². The monoisotopic (exact) mass is 622 g/mol. The van der Waals surface area contributed by atoms with Crippen molar-refractivity contribution in [2.75, 3.05) is 5.75 Å². The highest BCUT2D eigenvalue weighted by atomic mass is 32.2. The Morgan fingerprint density at radius 3 is 2.49 bits per heavy atom. The number of thioether (sulfide) groups is 1. The van der Waals surface area contributed by atoms with Crippen LogP contribution in [0.1, 0.15) is 51.9 Å². The second-order valence-corrected chi connectivity index (χ2v) is 12.0. The zero-order chi connectivity index (χ0) is 31.2. The summed E-state index contributed by atoms with van der Waals surface area (Å²) in [5.41, 5.74) is 6.32. The number of rotatable bonds is 10. The van der Waals surface area contributed by atoms with Crippen molar-refractivity contribution in [3.8, 4) is 11.1 Å². The second kappa shape index (κ2) is 14.1. The van der Waals surface area contributed by atoms with E-state index in [4.69, 9.17) is 9.47 Å². The van der Waals surface area contributed by atoms with Gasteiger partial charge in [0.1, 0.15) is 0 Å². The van der Waals surface area contributed by atoms with Crippen LogP contribution in [0.2, 0.25) is 0 Å². The molecule has 11 heteroatoms. The number of nitrogens with zero attached hydrogens (tertiary/aromatic N) is 5. The molecule has 6 rings (SSSR count). The van der Waals surface area contributed by atoms with Gasteiger partial charge < -0.3 is 19.9 Å². The lowest BCUT2D eigenvalue weighted by molar-refractivity contribution is -0.268. The Balaban J connectivity index is 1.22. The number of ether oxygens (including phenoxy) is 2. The van der Waals surface area contributed by atoms with Gasteiger partial charge in [-0.05, 0) is 62.5 Å². The Morgan fingerprint density at radius 1 is 0.956 bits per heavy atom. The van der Waals surface area contributed by atoms with Crippen molar-refractivity contribution in [1.82, 2.24) is 30.5 Å². The summed E-state index contributed by atoms with van der Waals surface area (Å²) in [4.78, 5) is 16.6. The average molecular weight is 623 g/mol. The predicted octanol–water partition coefficient (Wildman–Crippen LogP) is 5.28. The SMILES string of the molecule is C[C@H]1[C@@H](CSc2nnnn2C)O[C@@H](c2cccc(-c3cccc(CNC(=O)c4cccnc4)c3)c2)O[C@H]1c1ccc(CO)cc1. The van der Waals surface area contributed by atoms with Gasteiger partial charge in [-0.15, -0.1) is 5.10 Å². The van der Waals surface area contributed by atoms with Crippen molar-refractivity contribution in [1.29, 1.82) is 0 Å². The Hall–Kier alpha value is -4.42. The number of carbonyl (C=O) groups is 1. The zero-order valence-electron chi connectivity index (χ0n) is 25.0. The smallest absolute Gasteiger partial charge is 0.253 e. The summed E-state index contributed by atoms with van der Waals surface area (Å²) in [6, 6.07) is 27.7. The molecule has 0 bridgehead atoms. The van der Waals surface area contributed by atoms with Crippen molar-refractivity contribution < 1.29 is 19.4 Å². The van der Waals surface area contributed by atoms with Gasteiger partial charge in [0.25, 0.3) is 5.91 Å². The van der Waals surface area contributed by atoms with Gasteiger partial charge in [0.2, 0.25) is 5.16 Å². The van der Waals surface area contributed by atoms with Gasteiger partial charge in [0.15, 0.2) is 6.29 Å². The number of tetrazole rings is 1. The fourth-order valence-corrected chi connectivity index (χ4v) is 6.33. The molecule has 10 nitrogen and oxygen atoms in total. The topological polar surface area (TPSA) is 124 Å². The molecule has 0 radical (unpaired) electrons. The van der Waals surface area contributed by atoms with Gasteiger partial charge in [-0.25, -0.2) is 4.68 Å². The maximum absolute atomic E-state index is 12.5. The largest absolute Gasteiger partial charge is 0.392 e. The Labute approximate surface area is 265 Å². The minimum atomic E-state index is -0.603. The molecule has 0 spiro atoms. The van der Waals surface area contributed by atoms with Gasteiger partial charge in [-0.3, -0.25) is 9.78 Å². The van der Waals surface area contributed by atoms with Crippen LogP contribution in [-0.4, -0.2) is 48.1 Å². The number of aromatic nitrogens is 5. The molecule has 3 heterocycles. The number of pyridine rings is 1. The van der Waals surface area contributed by atoms with E-state index in [0.717, 1.165) is 38.5 Å². The molecule has 1 aliphatic rings. The highest BCUT2D eigenvalue weighted by Gasteiger charge is 2.38. The third-order valence-electron chi connectivity index (χ3n) is 7.88. The van der Waals surface area contributed by atoms with Gasteiger partial charge in [-0.2, -0.15) is 0 Å². The highest BCUT2D eigenvalue weighted by molar-refractivity contribution is 7.99. The number of aliphatic hydroxyl groups excluding tert-OH is 1. The van der Waals surface area contributed by atoms with E-state index in [-0.39, 0.29) is 30.6 Å². The van der Waals surface area contributed by atoms with Crippen molar-refractivity contribution >= 4 is 17.7 Å². The van der Waals surface area contributed by atoms with E-state index < -0.39 is 6.29 Å². The van der Waals surface area contributed by atoms with E-state index in [0.29, 0.717) is 17.9 Å². The number of aryl methyl sites for hydroxylation is 1. The first-order valence-electron chi connectivity index (χ1n) is 14.7. The Kier molecular flexibility index (Phi) is 9.61. The van der Waals surface area contributed by atoms with E-state index in [2.05, 4.69) is 57.0 Å². The normalized spacial score (nSPS) is 19.7. The summed E-state index contributed by atoms with van der Waals surface area (Å²) in [7, 11) is 1.82. The van der Waals surface area contributed by atoms with E-state index in [1.165, 1.54) is 0 Å². The fourth-order valence-electron chi connectivity index (χ4n) is 5.32. The summed E-state index contributed by atoms with van der Waals surface area (Å²) in [6.07, 6.45) is 2.22.